The van der Waals surface area contributed by atoms with Crippen molar-refractivity contribution in [1.29, 1.82) is 0 Å². The van der Waals surface area contributed by atoms with Crippen LogP contribution in [0.1, 0.15) is 27.9 Å². The second-order valence-corrected chi connectivity index (χ2v) is 5.07. The third-order valence-corrected chi connectivity index (χ3v) is 3.65. The Hall–Kier alpha value is -2.23. The summed E-state index contributed by atoms with van der Waals surface area (Å²) in [4.78, 5) is 12.0. The van der Waals surface area contributed by atoms with E-state index in [9.17, 15) is 13.6 Å². The van der Waals surface area contributed by atoms with Gasteiger partial charge in [0.15, 0.2) is 17.4 Å². The molecule has 3 rings (SSSR count). The van der Waals surface area contributed by atoms with Gasteiger partial charge in [0.05, 0.1) is 12.2 Å². The highest BCUT2D eigenvalue weighted by atomic mass is 19.2. The van der Waals surface area contributed by atoms with Crippen molar-refractivity contribution in [2.24, 2.45) is 0 Å². The summed E-state index contributed by atoms with van der Waals surface area (Å²) in [7, 11) is 0. The van der Waals surface area contributed by atoms with E-state index in [-0.39, 0.29) is 17.8 Å². The van der Waals surface area contributed by atoms with Crippen molar-refractivity contribution in [3.8, 4) is 5.75 Å². The third-order valence-electron chi connectivity index (χ3n) is 3.65. The number of carbonyl (C=O) groups is 1. The maximum absolute atomic E-state index is 13.5. The lowest BCUT2D eigenvalue weighted by molar-refractivity contribution is 0.0978. The fraction of sp³-hybridized carbons (Fsp3) is 0.235. The van der Waals surface area contributed by atoms with Gasteiger partial charge in [-0.05, 0) is 35.7 Å². The molecule has 0 saturated carbocycles. The van der Waals surface area contributed by atoms with Crippen LogP contribution in [0.15, 0.2) is 36.4 Å². The number of hydrogen-bond acceptors (Lipinski definition) is 2. The first kappa shape index (κ1) is 13.7. The lowest BCUT2D eigenvalue weighted by Crippen LogP contribution is -2.05. The molecule has 0 atom stereocenters. The first-order valence-electron chi connectivity index (χ1n) is 6.87. The average Bonchev–Trinajstić information content (AvgIpc) is 2.95. The van der Waals surface area contributed by atoms with Crippen molar-refractivity contribution in [2.45, 2.75) is 19.3 Å². The predicted molar refractivity (Wildman–Crippen MR) is 74.7 cm³/mol. The molecule has 2 nitrogen and oxygen atoms in total. The summed E-state index contributed by atoms with van der Waals surface area (Å²) in [5, 5.41) is 0. The molecule has 0 spiro atoms. The van der Waals surface area contributed by atoms with Gasteiger partial charge < -0.3 is 4.74 Å². The highest BCUT2D eigenvalue weighted by Gasteiger charge is 2.16. The van der Waals surface area contributed by atoms with Gasteiger partial charge in [0.2, 0.25) is 0 Å². The van der Waals surface area contributed by atoms with E-state index >= 15 is 0 Å². The van der Waals surface area contributed by atoms with Gasteiger partial charge in [0, 0.05) is 12.8 Å². The highest BCUT2D eigenvalue weighted by molar-refractivity contribution is 5.96. The molecule has 1 aliphatic rings. The molecule has 0 radical (unpaired) electrons. The van der Waals surface area contributed by atoms with Gasteiger partial charge in [0.25, 0.3) is 0 Å². The summed E-state index contributed by atoms with van der Waals surface area (Å²) in [6, 6.07) is 9.48. The molecule has 0 N–H and O–H groups in total. The topological polar surface area (TPSA) is 26.3 Å². The highest BCUT2D eigenvalue weighted by Crippen LogP contribution is 2.26. The van der Waals surface area contributed by atoms with Crippen LogP contribution < -0.4 is 4.74 Å². The maximum Gasteiger partial charge on any atom is 0.169 e. The molecule has 0 amide bonds. The molecular weight excluding hydrogens is 274 g/mol. The normalized spacial score (nSPS) is 12.9. The van der Waals surface area contributed by atoms with Crippen LogP contribution in [0.25, 0.3) is 0 Å². The predicted octanol–water partition coefficient (Wildman–Crippen LogP) is 3.72. The number of halogens is 2. The minimum atomic E-state index is -1.06. The lowest BCUT2D eigenvalue weighted by Gasteiger charge is -2.05. The Morgan fingerprint density at radius 2 is 2.05 bits per heavy atom. The van der Waals surface area contributed by atoms with Crippen LogP contribution >= 0.6 is 0 Å². The number of aryl methyl sites for hydroxylation is 1. The lowest BCUT2D eigenvalue weighted by atomic mass is 10.0. The first-order chi connectivity index (χ1) is 10.1. The summed E-state index contributed by atoms with van der Waals surface area (Å²) >= 11 is 0. The Kier molecular flexibility index (Phi) is 3.69. The summed E-state index contributed by atoms with van der Waals surface area (Å²) in [6.45, 7) is 0.687. The van der Waals surface area contributed by atoms with Gasteiger partial charge in [-0.25, -0.2) is 8.78 Å². The maximum atomic E-state index is 13.5. The Labute approximate surface area is 121 Å². The fourth-order valence-corrected chi connectivity index (χ4v) is 2.51. The number of hydrogen-bond donors (Lipinski definition) is 0. The van der Waals surface area contributed by atoms with E-state index in [1.165, 1.54) is 12.1 Å². The number of carbonyl (C=O) groups excluding carboxylic acids is 1. The van der Waals surface area contributed by atoms with Crippen LogP contribution in [0, 0.1) is 11.6 Å². The molecule has 0 unspecified atom stereocenters. The fourth-order valence-electron chi connectivity index (χ4n) is 2.51. The summed E-state index contributed by atoms with van der Waals surface area (Å²) in [5.41, 5.74) is 1.96. The van der Waals surface area contributed by atoms with Gasteiger partial charge in [0.1, 0.15) is 5.75 Å². The Morgan fingerprint density at radius 3 is 2.90 bits per heavy atom. The van der Waals surface area contributed by atoms with Gasteiger partial charge in [-0.2, -0.15) is 0 Å². The zero-order valence-corrected chi connectivity index (χ0v) is 11.4. The standard InChI is InChI=1S/C17H14F2O2/c18-14-3-1-2-13(17(14)19)15(20)6-4-11-5-7-16-12(10-11)8-9-21-16/h1-3,5,7,10H,4,6,8-9H2. The SMILES string of the molecule is O=C(CCc1ccc2c(c1)CCO2)c1cccc(F)c1F. The smallest absolute Gasteiger partial charge is 0.169 e. The number of benzene rings is 2. The number of ether oxygens (including phenoxy) is 1. The summed E-state index contributed by atoms with van der Waals surface area (Å²) in [6.07, 6.45) is 1.53. The minimum Gasteiger partial charge on any atom is -0.493 e. The summed E-state index contributed by atoms with van der Waals surface area (Å²) in [5.74, 6) is -1.55. The molecule has 0 saturated heterocycles. The molecular formula is C17H14F2O2. The van der Waals surface area contributed by atoms with Crippen molar-refractivity contribution in [3.05, 3.63) is 64.7 Å². The van der Waals surface area contributed by atoms with Crippen LogP contribution in [0.5, 0.6) is 5.75 Å². The quantitative estimate of drug-likeness (QED) is 0.802. The van der Waals surface area contributed by atoms with E-state index in [2.05, 4.69) is 0 Å². The van der Waals surface area contributed by atoms with Crippen LogP contribution in [0.4, 0.5) is 8.78 Å². The van der Waals surface area contributed by atoms with Crippen LogP contribution in [0.3, 0.4) is 0 Å². The number of Topliss-reactive ketones (excluding diaryl/α,β-unsaturated/α-hetero) is 1. The monoisotopic (exact) mass is 288 g/mol. The van der Waals surface area contributed by atoms with Crippen molar-refractivity contribution < 1.29 is 18.3 Å². The van der Waals surface area contributed by atoms with E-state index in [0.717, 1.165) is 29.4 Å². The summed E-state index contributed by atoms with van der Waals surface area (Å²) < 4.78 is 32.1. The number of rotatable bonds is 4. The van der Waals surface area contributed by atoms with Crippen molar-refractivity contribution in [3.63, 3.8) is 0 Å². The van der Waals surface area contributed by atoms with Crippen molar-refractivity contribution in [1.82, 2.24) is 0 Å². The van der Waals surface area contributed by atoms with Crippen LogP contribution in [-0.2, 0) is 12.8 Å². The molecule has 108 valence electrons. The third kappa shape index (κ3) is 2.79. The second kappa shape index (κ2) is 5.64. The molecule has 4 heteroatoms. The first-order valence-corrected chi connectivity index (χ1v) is 6.87. The van der Waals surface area contributed by atoms with Crippen molar-refractivity contribution >= 4 is 5.78 Å². The van der Waals surface area contributed by atoms with E-state index in [4.69, 9.17) is 4.74 Å². The van der Waals surface area contributed by atoms with E-state index < -0.39 is 11.6 Å². The second-order valence-electron chi connectivity index (χ2n) is 5.07. The molecule has 1 heterocycles. The van der Waals surface area contributed by atoms with E-state index in [1.807, 2.05) is 18.2 Å². The zero-order chi connectivity index (χ0) is 14.8. The largest absolute Gasteiger partial charge is 0.493 e. The number of ketones is 1. The van der Waals surface area contributed by atoms with Crippen molar-refractivity contribution in [2.75, 3.05) is 6.61 Å². The molecule has 0 aromatic heterocycles. The molecule has 21 heavy (non-hydrogen) atoms. The Bertz CT molecular complexity index is 695. The van der Waals surface area contributed by atoms with Gasteiger partial charge >= 0.3 is 0 Å². The van der Waals surface area contributed by atoms with E-state index in [0.29, 0.717) is 13.0 Å². The molecule has 0 bridgehead atoms. The number of fused-ring (bicyclic) bond motifs is 1. The Balaban J connectivity index is 1.70. The average molecular weight is 288 g/mol. The minimum absolute atomic E-state index is 0.153. The van der Waals surface area contributed by atoms with Gasteiger partial charge in [-0.1, -0.05) is 18.2 Å². The van der Waals surface area contributed by atoms with Crippen LogP contribution in [0.2, 0.25) is 0 Å². The van der Waals surface area contributed by atoms with Gasteiger partial charge in [-0.15, -0.1) is 0 Å². The van der Waals surface area contributed by atoms with Crippen LogP contribution in [-0.4, -0.2) is 12.4 Å². The molecule has 0 aliphatic carbocycles. The van der Waals surface area contributed by atoms with E-state index in [1.54, 1.807) is 0 Å². The molecule has 0 fully saturated rings. The molecule has 1 aliphatic heterocycles. The molecule has 2 aromatic rings. The van der Waals surface area contributed by atoms with Gasteiger partial charge in [-0.3, -0.25) is 4.79 Å². The zero-order valence-electron chi connectivity index (χ0n) is 11.4. The Morgan fingerprint density at radius 1 is 1.19 bits per heavy atom. The molecule has 2 aromatic carbocycles.